The van der Waals surface area contributed by atoms with Crippen LogP contribution in [0.3, 0.4) is 0 Å². The SMILES string of the molecule is CCOc1cc(C)c(-c2cc(C)nc(CN3CCN(C)CCN(C)CC3CNC(=O)OC(C)(C)C)c2)c(OC)c1. The molecule has 1 amide bonds. The molecule has 3 rings (SSSR count). The van der Waals surface area contributed by atoms with Crippen LogP contribution < -0.4 is 14.8 Å². The lowest BCUT2D eigenvalue weighted by Crippen LogP contribution is -2.50. The van der Waals surface area contributed by atoms with E-state index >= 15 is 0 Å². The topological polar surface area (TPSA) is 79.4 Å². The van der Waals surface area contributed by atoms with Gasteiger partial charge in [-0.3, -0.25) is 9.88 Å². The van der Waals surface area contributed by atoms with Gasteiger partial charge in [-0.15, -0.1) is 0 Å². The van der Waals surface area contributed by atoms with E-state index in [-0.39, 0.29) is 12.1 Å². The van der Waals surface area contributed by atoms with E-state index in [0.717, 1.165) is 72.3 Å². The Bertz CT molecular complexity index is 1130. The Kier molecular flexibility index (Phi) is 11.2. The number of nitrogens with one attached hydrogen (secondary N) is 1. The van der Waals surface area contributed by atoms with Gasteiger partial charge in [-0.25, -0.2) is 4.79 Å². The van der Waals surface area contributed by atoms with Crippen LogP contribution in [-0.2, 0) is 11.3 Å². The third-order valence-electron chi connectivity index (χ3n) is 7.02. The normalized spacial score (nSPS) is 18.0. The van der Waals surface area contributed by atoms with Gasteiger partial charge in [0.05, 0.1) is 19.4 Å². The van der Waals surface area contributed by atoms with Crippen molar-refractivity contribution >= 4 is 6.09 Å². The molecule has 1 aliphatic rings. The number of alkyl carbamates (subject to hydrolysis) is 1. The number of amides is 1. The average Bonchev–Trinajstić information content (AvgIpc) is 2.91. The van der Waals surface area contributed by atoms with Gasteiger partial charge in [0.1, 0.15) is 17.1 Å². The second kappa shape index (κ2) is 14.1. The van der Waals surface area contributed by atoms with Crippen molar-refractivity contribution in [3.05, 3.63) is 41.2 Å². The monoisotopic (exact) mass is 555 g/mol. The number of rotatable bonds is 8. The molecule has 1 aliphatic heterocycles. The molecule has 0 saturated carbocycles. The fraction of sp³-hybridized carbons (Fsp3) is 0.613. The summed E-state index contributed by atoms with van der Waals surface area (Å²) in [5.41, 5.74) is 4.60. The minimum atomic E-state index is -0.538. The highest BCUT2D eigenvalue weighted by Crippen LogP contribution is 2.37. The zero-order valence-electron chi connectivity index (χ0n) is 26.0. The van der Waals surface area contributed by atoms with Crippen LogP contribution >= 0.6 is 0 Å². The van der Waals surface area contributed by atoms with Crippen molar-refractivity contribution in [2.45, 2.75) is 59.7 Å². The second-order valence-corrected chi connectivity index (χ2v) is 11.8. The van der Waals surface area contributed by atoms with Gasteiger partial charge in [0, 0.05) is 69.2 Å². The molecule has 1 unspecified atom stereocenters. The lowest BCUT2D eigenvalue weighted by Gasteiger charge is -2.34. The molecule has 0 bridgehead atoms. The van der Waals surface area contributed by atoms with Crippen molar-refractivity contribution in [3.8, 4) is 22.6 Å². The summed E-state index contributed by atoms with van der Waals surface area (Å²) in [7, 11) is 6.00. The number of ether oxygens (including phenoxy) is 3. The maximum Gasteiger partial charge on any atom is 0.407 e. The highest BCUT2D eigenvalue weighted by molar-refractivity contribution is 5.75. The number of methoxy groups -OCH3 is 1. The van der Waals surface area contributed by atoms with Crippen molar-refractivity contribution in [1.29, 1.82) is 0 Å². The van der Waals surface area contributed by atoms with Crippen LogP contribution in [0.5, 0.6) is 11.5 Å². The quantitative estimate of drug-likeness (QED) is 0.515. The van der Waals surface area contributed by atoms with Gasteiger partial charge in [-0.05, 0) is 85.0 Å². The van der Waals surface area contributed by atoms with E-state index in [0.29, 0.717) is 19.7 Å². The smallest absolute Gasteiger partial charge is 0.407 e. The third kappa shape index (κ3) is 9.35. The first-order chi connectivity index (χ1) is 18.9. The van der Waals surface area contributed by atoms with E-state index in [1.807, 2.05) is 40.7 Å². The fourth-order valence-corrected chi connectivity index (χ4v) is 5.09. The molecule has 1 aromatic carbocycles. The fourth-order valence-electron chi connectivity index (χ4n) is 5.09. The number of aromatic nitrogens is 1. The van der Waals surface area contributed by atoms with Crippen LogP contribution in [0.15, 0.2) is 24.3 Å². The second-order valence-electron chi connectivity index (χ2n) is 11.8. The van der Waals surface area contributed by atoms with E-state index in [1.165, 1.54) is 0 Å². The zero-order chi connectivity index (χ0) is 29.4. The third-order valence-corrected chi connectivity index (χ3v) is 7.02. The summed E-state index contributed by atoms with van der Waals surface area (Å²) in [5.74, 6) is 1.59. The molecule has 1 N–H and O–H groups in total. The van der Waals surface area contributed by atoms with Gasteiger partial charge in [0.2, 0.25) is 0 Å². The molecular weight excluding hydrogens is 506 g/mol. The number of aryl methyl sites for hydroxylation is 2. The minimum absolute atomic E-state index is 0.0940. The summed E-state index contributed by atoms with van der Waals surface area (Å²) in [4.78, 5) is 24.6. The molecule has 1 saturated heterocycles. The van der Waals surface area contributed by atoms with Gasteiger partial charge in [-0.1, -0.05) is 0 Å². The Morgan fingerprint density at radius 3 is 2.42 bits per heavy atom. The molecule has 1 aromatic heterocycles. The lowest BCUT2D eigenvalue weighted by molar-refractivity contribution is 0.0497. The molecule has 1 fully saturated rings. The van der Waals surface area contributed by atoms with Crippen molar-refractivity contribution in [1.82, 2.24) is 25.0 Å². The van der Waals surface area contributed by atoms with Gasteiger partial charge >= 0.3 is 6.09 Å². The van der Waals surface area contributed by atoms with E-state index in [9.17, 15) is 4.79 Å². The lowest BCUT2D eigenvalue weighted by atomic mass is 9.98. The van der Waals surface area contributed by atoms with Crippen LogP contribution in [-0.4, -0.2) is 105 Å². The van der Waals surface area contributed by atoms with Gasteiger partial charge < -0.3 is 29.3 Å². The van der Waals surface area contributed by atoms with Crippen LogP contribution in [0, 0.1) is 13.8 Å². The standard InChI is InChI=1S/C31H49N5O4/c1-10-39-27-15-22(2)29(28(18-27)38-9)24-16-23(3)33-25(17-24)20-36-14-13-34(7)11-12-35(8)21-26(36)19-32-30(37)40-31(4,5)6/h15-18,26H,10-14,19-21H2,1-9H3,(H,32,37). The Morgan fingerprint density at radius 1 is 1.05 bits per heavy atom. The molecule has 2 heterocycles. The Morgan fingerprint density at radius 2 is 1.75 bits per heavy atom. The number of benzene rings is 1. The first kappa shape index (κ1) is 31.6. The van der Waals surface area contributed by atoms with Crippen molar-refractivity contribution in [2.75, 3.05) is 67.1 Å². The van der Waals surface area contributed by atoms with Crippen molar-refractivity contribution < 1.29 is 19.0 Å². The number of hydrogen-bond acceptors (Lipinski definition) is 8. The summed E-state index contributed by atoms with van der Waals surface area (Å²) >= 11 is 0. The zero-order valence-corrected chi connectivity index (χ0v) is 26.0. The summed E-state index contributed by atoms with van der Waals surface area (Å²) in [6.45, 7) is 18.1. The number of pyridine rings is 1. The van der Waals surface area contributed by atoms with E-state index in [2.05, 4.69) is 59.2 Å². The predicted molar refractivity (Wildman–Crippen MR) is 160 cm³/mol. The van der Waals surface area contributed by atoms with E-state index in [1.54, 1.807) is 7.11 Å². The molecule has 40 heavy (non-hydrogen) atoms. The molecule has 0 spiro atoms. The first-order valence-corrected chi connectivity index (χ1v) is 14.3. The van der Waals surface area contributed by atoms with Crippen LogP contribution in [0.25, 0.3) is 11.1 Å². The highest BCUT2D eigenvalue weighted by Gasteiger charge is 2.26. The number of hydrogen-bond donors (Lipinski definition) is 1. The molecule has 222 valence electrons. The molecular formula is C31H49N5O4. The molecule has 0 radical (unpaired) electrons. The van der Waals surface area contributed by atoms with Crippen molar-refractivity contribution in [3.63, 3.8) is 0 Å². The minimum Gasteiger partial charge on any atom is -0.496 e. The molecule has 0 aliphatic carbocycles. The van der Waals surface area contributed by atoms with E-state index < -0.39 is 5.60 Å². The summed E-state index contributed by atoms with van der Waals surface area (Å²) < 4.78 is 17.1. The number of carbonyl (C=O) groups is 1. The van der Waals surface area contributed by atoms with Gasteiger partial charge in [0.15, 0.2) is 0 Å². The van der Waals surface area contributed by atoms with E-state index in [4.69, 9.17) is 19.2 Å². The van der Waals surface area contributed by atoms with Crippen LogP contribution in [0.1, 0.15) is 44.6 Å². The molecule has 1 atom stereocenters. The van der Waals surface area contributed by atoms with Crippen molar-refractivity contribution in [2.24, 2.45) is 0 Å². The van der Waals surface area contributed by atoms with Gasteiger partial charge in [-0.2, -0.15) is 0 Å². The van der Waals surface area contributed by atoms with Gasteiger partial charge in [0.25, 0.3) is 0 Å². The Labute approximate surface area is 240 Å². The number of carbonyl (C=O) groups excluding carboxylic acids is 1. The Hall–Kier alpha value is -2.88. The maximum absolute atomic E-state index is 12.5. The predicted octanol–water partition coefficient (Wildman–Crippen LogP) is 4.35. The maximum atomic E-state index is 12.5. The molecule has 9 heteroatoms. The first-order valence-electron chi connectivity index (χ1n) is 14.3. The molecule has 9 nitrogen and oxygen atoms in total. The average molecular weight is 556 g/mol. The summed E-state index contributed by atoms with van der Waals surface area (Å²) in [6.07, 6.45) is -0.388. The summed E-state index contributed by atoms with van der Waals surface area (Å²) in [6, 6.07) is 8.37. The van der Waals surface area contributed by atoms with Crippen LogP contribution in [0.4, 0.5) is 4.79 Å². The number of nitrogens with zero attached hydrogens (tertiary/aromatic N) is 4. The van der Waals surface area contributed by atoms with Crippen LogP contribution in [0.2, 0.25) is 0 Å². The summed E-state index contributed by atoms with van der Waals surface area (Å²) in [5, 5.41) is 3.02. The largest absolute Gasteiger partial charge is 0.496 e. The highest BCUT2D eigenvalue weighted by atomic mass is 16.6. The number of likely N-dealkylation sites (N-methyl/N-ethyl adjacent to an activating group) is 2. The molecule has 2 aromatic rings. The Balaban J connectivity index is 1.92.